The SMILES string of the molecule is CNCC(C)C(C)CC1CCCC1. The van der Waals surface area contributed by atoms with Crippen molar-refractivity contribution >= 4 is 0 Å². The van der Waals surface area contributed by atoms with Crippen LogP contribution in [-0.2, 0) is 0 Å². The van der Waals surface area contributed by atoms with E-state index >= 15 is 0 Å². The molecule has 0 radical (unpaired) electrons. The molecule has 0 amide bonds. The maximum Gasteiger partial charge on any atom is -0.00236 e. The van der Waals surface area contributed by atoms with Gasteiger partial charge in [-0.1, -0.05) is 39.5 Å². The summed E-state index contributed by atoms with van der Waals surface area (Å²) in [7, 11) is 2.05. The molecule has 1 N–H and O–H groups in total. The van der Waals surface area contributed by atoms with Crippen molar-refractivity contribution in [2.24, 2.45) is 17.8 Å². The fraction of sp³-hybridized carbons (Fsp3) is 1.00. The zero-order chi connectivity index (χ0) is 9.68. The van der Waals surface area contributed by atoms with Crippen molar-refractivity contribution in [1.82, 2.24) is 5.32 Å². The Balaban J connectivity index is 2.18. The van der Waals surface area contributed by atoms with Crippen LogP contribution in [0.1, 0.15) is 46.0 Å². The van der Waals surface area contributed by atoms with E-state index in [-0.39, 0.29) is 0 Å². The third-order valence-electron chi connectivity index (χ3n) is 3.68. The van der Waals surface area contributed by atoms with Gasteiger partial charge in [-0.3, -0.25) is 0 Å². The van der Waals surface area contributed by atoms with Gasteiger partial charge in [0, 0.05) is 0 Å². The molecule has 1 fully saturated rings. The van der Waals surface area contributed by atoms with Crippen LogP contribution in [0, 0.1) is 17.8 Å². The van der Waals surface area contributed by atoms with Gasteiger partial charge < -0.3 is 5.32 Å². The zero-order valence-corrected chi connectivity index (χ0v) is 9.47. The number of rotatable bonds is 5. The third-order valence-corrected chi connectivity index (χ3v) is 3.68. The van der Waals surface area contributed by atoms with Crippen LogP contribution in [0.3, 0.4) is 0 Å². The summed E-state index contributed by atoms with van der Waals surface area (Å²) in [6.45, 7) is 5.96. The van der Waals surface area contributed by atoms with Gasteiger partial charge >= 0.3 is 0 Å². The average Bonchev–Trinajstić information content (AvgIpc) is 2.57. The van der Waals surface area contributed by atoms with E-state index in [0.29, 0.717) is 0 Å². The van der Waals surface area contributed by atoms with Crippen molar-refractivity contribution in [2.45, 2.75) is 46.0 Å². The van der Waals surface area contributed by atoms with Crippen molar-refractivity contribution in [3.05, 3.63) is 0 Å². The molecule has 1 saturated carbocycles. The van der Waals surface area contributed by atoms with Crippen LogP contribution in [0.15, 0.2) is 0 Å². The molecule has 1 aliphatic rings. The Morgan fingerprint density at radius 1 is 1.15 bits per heavy atom. The van der Waals surface area contributed by atoms with Gasteiger partial charge in [0.2, 0.25) is 0 Å². The van der Waals surface area contributed by atoms with Crippen molar-refractivity contribution < 1.29 is 0 Å². The Kier molecular flexibility index (Phi) is 4.79. The lowest BCUT2D eigenvalue weighted by molar-refractivity contribution is 0.300. The molecule has 0 aliphatic heterocycles. The topological polar surface area (TPSA) is 12.0 Å². The molecule has 0 aromatic carbocycles. The second-order valence-electron chi connectivity index (χ2n) is 4.90. The van der Waals surface area contributed by atoms with E-state index in [1.54, 1.807) is 0 Å². The molecule has 0 heterocycles. The largest absolute Gasteiger partial charge is 0.319 e. The molecule has 78 valence electrons. The Morgan fingerprint density at radius 2 is 1.77 bits per heavy atom. The van der Waals surface area contributed by atoms with Crippen LogP contribution < -0.4 is 5.32 Å². The smallest absolute Gasteiger partial charge is 0.00236 e. The predicted molar refractivity (Wildman–Crippen MR) is 58.8 cm³/mol. The first kappa shape index (κ1) is 11.0. The summed E-state index contributed by atoms with van der Waals surface area (Å²) < 4.78 is 0. The van der Waals surface area contributed by atoms with Crippen LogP contribution in [0.4, 0.5) is 0 Å². The van der Waals surface area contributed by atoms with Gasteiger partial charge in [0.15, 0.2) is 0 Å². The third kappa shape index (κ3) is 3.68. The van der Waals surface area contributed by atoms with Crippen molar-refractivity contribution in [2.75, 3.05) is 13.6 Å². The van der Waals surface area contributed by atoms with Crippen LogP contribution in [0.25, 0.3) is 0 Å². The summed E-state index contributed by atoms with van der Waals surface area (Å²) in [5.41, 5.74) is 0. The van der Waals surface area contributed by atoms with E-state index < -0.39 is 0 Å². The standard InChI is InChI=1S/C12H25N/c1-10(11(2)9-13-3)8-12-6-4-5-7-12/h10-13H,4-9H2,1-3H3. The molecule has 0 spiro atoms. The van der Waals surface area contributed by atoms with Gasteiger partial charge in [-0.25, -0.2) is 0 Å². The molecule has 1 rings (SSSR count). The average molecular weight is 183 g/mol. The maximum atomic E-state index is 3.27. The Morgan fingerprint density at radius 3 is 2.31 bits per heavy atom. The molecule has 0 aromatic rings. The van der Waals surface area contributed by atoms with Crippen LogP contribution in [0.2, 0.25) is 0 Å². The quantitative estimate of drug-likeness (QED) is 0.691. The Hall–Kier alpha value is -0.0400. The number of hydrogen-bond donors (Lipinski definition) is 1. The van der Waals surface area contributed by atoms with Crippen molar-refractivity contribution in [3.8, 4) is 0 Å². The van der Waals surface area contributed by atoms with Crippen LogP contribution in [-0.4, -0.2) is 13.6 Å². The van der Waals surface area contributed by atoms with Gasteiger partial charge in [0.1, 0.15) is 0 Å². The van der Waals surface area contributed by atoms with E-state index in [4.69, 9.17) is 0 Å². The second-order valence-corrected chi connectivity index (χ2v) is 4.90. The summed E-state index contributed by atoms with van der Waals surface area (Å²) in [5, 5.41) is 3.27. The highest BCUT2D eigenvalue weighted by molar-refractivity contribution is 4.73. The first-order valence-electron chi connectivity index (χ1n) is 5.88. The minimum Gasteiger partial charge on any atom is -0.319 e. The van der Waals surface area contributed by atoms with Gasteiger partial charge in [-0.05, 0) is 37.8 Å². The molecule has 1 nitrogen and oxygen atoms in total. The minimum atomic E-state index is 0.839. The summed E-state index contributed by atoms with van der Waals surface area (Å²) in [6, 6.07) is 0. The van der Waals surface area contributed by atoms with Crippen molar-refractivity contribution in [3.63, 3.8) is 0 Å². The number of nitrogens with one attached hydrogen (secondary N) is 1. The lowest BCUT2D eigenvalue weighted by Gasteiger charge is -2.22. The summed E-state index contributed by atoms with van der Waals surface area (Å²) in [6.07, 6.45) is 7.42. The van der Waals surface area contributed by atoms with Crippen molar-refractivity contribution in [1.29, 1.82) is 0 Å². The van der Waals surface area contributed by atoms with E-state index in [0.717, 1.165) is 17.8 Å². The second kappa shape index (κ2) is 5.64. The van der Waals surface area contributed by atoms with E-state index in [1.165, 1.54) is 38.6 Å². The predicted octanol–water partition coefficient (Wildman–Crippen LogP) is 3.06. The fourth-order valence-corrected chi connectivity index (χ4v) is 2.53. The van der Waals surface area contributed by atoms with Crippen LogP contribution in [0.5, 0.6) is 0 Å². The van der Waals surface area contributed by atoms with Gasteiger partial charge in [-0.2, -0.15) is 0 Å². The molecular formula is C12H25N. The summed E-state index contributed by atoms with van der Waals surface area (Å²) >= 11 is 0. The molecule has 1 heteroatoms. The highest BCUT2D eigenvalue weighted by Gasteiger charge is 2.20. The minimum absolute atomic E-state index is 0.839. The van der Waals surface area contributed by atoms with Crippen LogP contribution >= 0.6 is 0 Å². The zero-order valence-electron chi connectivity index (χ0n) is 9.47. The molecule has 1 aliphatic carbocycles. The summed E-state index contributed by atoms with van der Waals surface area (Å²) in [4.78, 5) is 0. The fourth-order valence-electron chi connectivity index (χ4n) is 2.53. The first-order valence-corrected chi connectivity index (χ1v) is 5.88. The molecule has 0 bridgehead atoms. The molecule has 0 saturated heterocycles. The van der Waals surface area contributed by atoms with E-state index in [2.05, 4.69) is 26.2 Å². The highest BCUT2D eigenvalue weighted by Crippen LogP contribution is 2.32. The molecule has 2 unspecified atom stereocenters. The van der Waals surface area contributed by atoms with Gasteiger partial charge in [-0.15, -0.1) is 0 Å². The van der Waals surface area contributed by atoms with Gasteiger partial charge in [0.05, 0.1) is 0 Å². The van der Waals surface area contributed by atoms with E-state index in [1.807, 2.05) is 0 Å². The van der Waals surface area contributed by atoms with Gasteiger partial charge in [0.25, 0.3) is 0 Å². The summed E-state index contributed by atoms with van der Waals surface area (Å²) in [5.74, 6) is 2.79. The Labute approximate surface area is 83.3 Å². The monoisotopic (exact) mass is 183 g/mol. The molecular weight excluding hydrogens is 158 g/mol. The molecule has 2 atom stereocenters. The highest BCUT2D eigenvalue weighted by atomic mass is 14.8. The first-order chi connectivity index (χ1) is 6.24. The molecule has 13 heavy (non-hydrogen) atoms. The normalized spacial score (nSPS) is 23.3. The maximum absolute atomic E-state index is 3.27. The Bertz CT molecular complexity index is 127. The lowest BCUT2D eigenvalue weighted by Crippen LogP contribution is -2.23. The lowest BCUT2D eigenvalue weighted by atomic mass is 9.86. The number of hydrogen-bond acceptors (Lipinski definition) is 1. The van der Waals surface area contributed by atoms with E-state index in [9.17, 15) is 0 Å². The molecule has 0 aromatic heterocycles.